The number of amides is 1. The number of rotatable bonds is 5. The third-order valence-corrected chi connectivity index (χ3v) is 5.12. The molecule has 1 aromatic rings. The lowest BCUT2D eigenvalue weighted by Crippen LogP contribution is -2.44. The third-order valence-electron chi connectivity index (χ3n) is 5.12. The molecule has 0 bridgehead atoms. The Morgan fingerprint density at radius 3 is 2.88 bits per heavy atom. The summed E-state index contributed by atoms with van der Waals surface area (Å²) < 4.78 is 11.1. The zero-order valence-corrected chi connectivity index (χ0v) is 14.6. The summed E-state index contributed by atoms with van der Waals surface area (Å²) in [7, 11) is 1.74. The van der Waals surface area contributed by atoms with E-state index in [4.69, 9.17) is 9.47 Å². The predicted octanol–water partition coefficient (Wildman–Crippen LogP) is 1.43. The molecule has 1 atom stereocenters. The third kappa shape index (κ3) is 4.35. The first-order valence-electron chi connectivity index (χ1n) is 8.82. The van der Waals surface area contributed by atoms with Crippen molar-refractivity contribution < 1.29 is 14.3 Å². The Hall–Kier alpha value is -1.43. The molecule has 0 radical (unpaired) electrons. The van der Waals surface area contributed by atoms with Crippen LogP contribution in [0.25, 0.3) is 0 Å². The maximum Gasteiger partial charge on any atom is 0.227 e. The van der Waals surface area contributed by atoms with Crippen molar-refractivity contribution in [3.05, 3.63) is 35.9 Å². The van der Waals surface area contributed by atoms with E-state index in [9.17, 15) is 4.79 Å². The molecule has 5 heteroatoms. The summed E-state index contributed by atoms with van der Waals surface area (Å²) in [6.45, 7) is 6.67. The van der Waals surface area contributed by atoms with Crippen molar-refractivity contribution >= 4 is 5.91 Å². The minimum absolute atomic E-state index is 0.0799. The molecule has 1 amide bonds. The smallest absolute Gasteiger partial charge is 0.227 e. The predicted molar refractivity (Wildman–Crippen MR) is 92.9 cm³/mol. The molecule has 0 saturated carbocycles. The highest BCUT2D eigenvalue weighted by molar-refractivity contribution is 5.78. The van der Waals surface area contributed by atoms with Gasteiger partial charge in [0.2, 0.25) is 5.91 Å². The standard InChI is InChI=1S/C19H28N2O3/c1-23-11-9-20-8-7-19(14-20)15-21(10-12-24-16-19)18(22)13-17-5-3-2-4-6-17/h2-6H,7-16H2,1H3. The Kier molecular flexibility index (Phi) is 5.87. The number of likely N-dealkylation sites (tertiary alicyclic amines) is 1. The van der Waals surface area contributed by atoms with Crippen LogP contribution in [0.2, 0.25) is 0 Å². The summed E-state index contributed by atoms with van der Waals surface area (Å²) in [4.78, 5) is 17.2. The van der Waals surface area contributed by atoms with E-state index in [0.717, 1.165) is 51.4 Å². The Morgan fingerprint density at radius 1 is 1.25 bits per heavy atom. The first-order chi connectivity index (χ1) is 11.7. The highest BCUT2D eigenvalue weighted by Gasteiger charge is 2.41. The second-order valence-corrected chi connectivity index (χ2v) is 7.05. The van der Waals surface area contributed by atoms with Gasteiger partial charge in [0.15, 0.2) is 0 Å². The fourth-order valence-electron chi connectivity index (χ4n) is 3.77. The molecule has 0 N–H and O–H groups in total. The molecule has 2 saturated heterocycles. The quantitative estimate of drug-likeness (QED) is 0.818. The van der Waals surface area contributed by atoms with E-state index in [1.807, 2.05) is 35.2 Å². The first-order valence-corrected chi connectivity index (χ1v) is 8.82. The van der Waals surface area contributed by atoms with Crippen LogP contribution >= 0.6 is 0 Å². The van der Waals surface area contributed by atoms with Gasteiger partial charge in [0.05, 0.1) is 26.2 Å². The number of nitrogens with zero attached hydrogens (tertiary/aromatic N) is 2. The van der Waals surface area contributed by atoms with Gasteiger partial charge in [-0.05, 0) is 18.5 Å². The van der Waals surface area contributed by atoms with Crippen LogP contribution in [0.4, 0.5) is 0 Å². The Morgan fingerprint density at radius 2 is 2.08 bits per heavy atom. The van der Waals surface area contributed by atoms with Crippen LogP contribution in [0.5, 0.6) is 0 Å². The molecule has 2 heterocycles. The molecule has 2 aliphatic heterocycles. The lowest BCUT2D eigenvalue weighted by molar-refractivity contribution is -0.131. The fraction of sp³-hybridized carbons (Fsp3) is 0.632. The zero-order valence-electron chi connectivity index (χ0n) is 14.6. The lowest BCUT2D eigenvalue weighted by Gasteiger charge is -2.32. The molecule has 2 aliphatic rings. The number of methoxy groups -OCH3 is 1. The van der Waals surface area contributed by atoms with Gasteiger partial charge in [-0.2, -0.15) is 0 Å². The fourth-order valence-corrected chi connectivity index (χ4v) is 3.77. The number of benzene rings is 1. The van der Waals surface area contributed by atoms with Crippen LogP contribution < -0.4 is 0 Å². The van der Waals surface area contributed by atoms with Crippen molar-refractivity contribution in [2.24, 2.45) is 5.41 Å². The van der Waals surface area contributed by atoms with Crippen molar-refractivity contribution in [3.8, 4) is 0 Å². The zero-order chi connectivity index (χ0) is 16.8. The summed E-state index contributed by atoms with van der Waals surface area (Å²) in [5, 5.41) is 0. The minimum atomic E-state index is 0.0799. The summed E-state index contributed by atoms with van der Waals surface area (Å²) in [6.07, 6.45) is 1.57. The Labute approximate surface area is 144 Å². The van der Waals surface area contributed by atoms with Gasteiger partial charge in [-0.1, -0.05) is 30.3 Å². The number of hydrogen-bond acceptors (Lipinski definition) is 4. The van der Waals surface area contributed by atoms with Gasteiger partial charge >= 0.3 is 0 Å². The van der Waals surface area contributed by atoms with Crippen LogP contribution in [0.3, 0.4) is 0 Å². The average molecular weight is 332 g/mol. The minimum Gasteiger partial charge on any atom is -0.383 e. The van der Waals surface area contributed by atoms with Crippen molar-refractivity contribution in [2.45, 2.75) is 12.8 Å². The summed E-state index contributed by atoms with van der Waals surface area (Å²) in [5.41, 5.74) is 1.16. The maximum absolute atomic E-state index is 12.8. The van der Waals surface area contributed by atoms with E-state index >= 15 is 0 Å². The van der Waals surface area contributed by atoms with E-state index in [2.05, 4.69) is 4.90 Å². The Bertz CT molecular complexity index is 537. The molecule has 1 unspecified atom stereocenters. The van der Waals surface area contributed by atoms with Crippen LogP contribution in [-0.2, 0) is 20.7 Å². The second-order valence-electron chi connectivity index (χ2n) is 7.05. The highest BCUT2D eigenvalue weighted by atomic mass is 16.5. The van der Waals surface area contributed by atoms with Crippen molar-refractivity contribution in [1.29, 1.82) is 0 Å². The monoisotopic (exact) mass is 332 g/mol. The second kappa shape index (κ2) is 8.10. The number of ether oxygens (including phenoxy) is 2. The average Bonchev–Trinajstić information content (AvgIpc) is 2.86. The van der Waals surface area contributed by atoms with Gasteiger partial charge in [-0.3, -0.25) is 4.79 Å². The Balaban J connectivity index is 1.61. The van der Waals surface area contributed by atoms with Crippen molar-refractivity contribution in [3.63, 3.8) is 0 Å². The lowest BCUT2D eigenvalue weighted by atomic mass is 9.87. The molecule has 2 fully saturated rings. The molecule has 132 valence electrons. The van der Waals surface area contributed by atoms with Crippen molar-refractivity contribution in [2.75, 3.05) is 59.7 Å². The number of carbonyl (C=O) groups is 1. The van der Waals surface area contributed by atoms with Crippen LogP contribution in [-0.4, -0.2) is 75.4 Å². The summed E-state index contributed by atoms with van der Waals surface area (Å²) >= 11 is 0. The van der Waals surface area contributed by atoms with Crippen LogP contribution in [0.1, 0.15) is 12.0 Å². The molecule has 1 spiro atoms. The van der Waals surface area contributed by atoms with Gasteiger partial charge in [-0.15, -0.1) is 0 Å². The largest absolute Gasteiger partial charge is 0.383 e. The number of hydrogen-bond donors (Lipinski definition) is 0. The topological polar surface area (TPSA) is 42.0 Å². The normalized spacial score (nSPS) is 25.1. The summed E-state index contributed by atoms with van der Waals surface area (Å²) in [5.74, 6) is 0.210. The van der Waals surface area contributed by atoms with E-state index < -0.39 is 0 Å². The van der Waals surface area contributed by atoms with E-state index in [-0.39, 0.29) is 11.3 Å². The van der Waals surface area contributed by atoms with Gasteiger partial charge in [0.25, 0.3) is 0 Å². The molecule has 0 aliphatic carbocycles. The summed E-state index contributed by atoms with van der Waals surface area (Å²) in [6, 6.07) is 9.99. The molecule has 0 aromatic heterocycles. The SMILES string of the molecule is COCCN1CCC2(COCCN(C(=O)Cc3ccccc3)C2)C1. The molecule has 24 heavy (non-hydrogen) atoms. The molecular formula is C19H28N2O3. The molecule has 3 rings (SSSR count). The van der Waals surface area contributed by atoms with E-state index in [1.165, 1.54) is 0 Å². The van der Waals surface area contributed by atoms with Crippen molar-refractivity contribution in [1.82, 2.24) is 9.80 Å². The molecule has 5 nitrogen and oxygen atoms in total. The van der Waals surface area contributed by atoms with Gasteiger partial charge in [-0.25, -0.2) is 0 Å². The maximum atomic E-state index is 12.8. The first kappa shape index (κ1) is 17.4. The molecular weight excluding hydrogens is 304 g/mol. The van der Waals surface area contributed by atoms with Gasteiger partial charge in [0, 0.05) is 38.7 Å². The van der Waals surface area contributed by atoms with E-state index in [0.29, 0.717) is 19.6 Å². The molecule has 1 aromatic carbocycles. The van der Waals surface area contributed by atoms with Crippen LogP contribution in [0, 0.1) is 5.41 Å². The van der Waals surface area contributed by atoms with Gasteiger partial charge in [0.1, 0.15) is 0 Å². The number of carbonyl (C=O) groups excluding carboxylic acids is 1. The van der Waals surface area contributed by atoms with Crippen LogP contribution in [0.15, 0.2) is 30.3 Å². The van der Waals surface area contributed by atoms with Gasteiger partial charge < -0.3 is 19.3 Å². The highest BCUT2D eigenvalue weighted by Crippen LogP contribution is 2.33. The van der Waals surface area contributed by atoms with E-state index in [1.54, 1.807) is 7.11 Å².